The number of sulfonamides is 1. The van der Waals surface area contributed by atoms with Crippen molar-refractivity contribution in [3.63, 3.8) is 0 Å². The third kappa shape index (κ3) is 5.28. The number of ether oxygens (including phenoxy) is 1. The van der Waals surface area contributed by atoms with Crippen molar-refractivity contribution in [2.24, 2.45) is 0 Å². The van der Waals surface area contributed by atoms with E-state index >= 15 is 0 Å². The molecule has 0 unspecified atom stereocenters. The second-order valence-electron chi connectivity index (χ2n) is 8.97. The first-order valence-corrected chi connectivity index (χ1v) is 13.9. The average Bonchev–Trinajstić information content (AvgIpc) is 3.33. The Labute approximate surface area is 236 Å². The van der Waals surface area contributed by atoms with Crippen molar-refractivity contribution in [3.8, 4) is 0 Å². The maximum atomic E-state index is 13.8. The fourth-order valence-corrected chi connectivity index (χ4v) is 6.68. The van der Waals surface area contributed by atoms with Crippen LogP contribution in [0.25, 0.3) is 0 Å². The number of cyclic esters (lactones) is 1. The summed E-state index contributed by atoms with van der Waals surface area (Å²) in [5.74, 6) is -0.682. The SMILES string of the molecule is O=C(Nc1cnc2c(c1)N(S(=O)(=O)c1cccc(C(F)(F)F)c1)C[C@@H](N1CCOC1=O)C2)c1c(Cl)cccc1Cl. The minimum atomic E-state index is -4.77. The molecule has 1 N–H and O–H groups in total. The summed E-state index contributed by atoms with van der Waals surface area (Å²) in [7, 11) is -4.59. The molecule has 9 nitrogen and oxygen atoms in total. The van der Waals surface area contributed by atoms with Crippen molar-refractivity contribution in [1.29, 1.82) is 0 Å². The van der Waals surface area contributed by atoms with E-state index in [1.807, 2.05) is 0 Å². The molecule has 15 heteroatoms. The molecule has 2 aliphatic rings. The topological polar surface area (TPSA) is 109 Å². The minimum Gasteiger partial charge on any atom is -0.448 e. The van der Waals surface area contributed by atoms with Gasteiger partial charge in [-0.25, -0.2) is 13.2 Å². The van der Waals surface area contributed by atoms with Crippen LogP contribution >= 0.6 is 23.2 Å². The highest BCUT2D eigenvalue weighted by Crippen LogP contribution is 2.37. The van der Waals surface area contributed by atoms with Gasteiger partial charge in [0, 0.05) is 6.42 Å². The van der Waals surface area contributed by atoms with Crippen LogP contribution in [0.3, 0.4) is 0 Å². The lowest BCUT2D eigenvalue weighted by Gasteiger charge is -2.37. The number of pyridine rings is 1. The van der Waals surface area contributed by atoms with Gasteiger partial charge < -0.3 is 10.1 Å². The smallest absolute Gasteiger partial charge is 0.416 e. The number of benzene rings is 2. The van der Waals surface area contributed by atoms with Gasteiger partial charge in [-0.1, -0.05) is 35.3 Å². The van der Waals surface area contributed by atoms with Gasteiger partial charge in [-0.2, -0.15) is 13.2 Å². The summed E-state index contributed by atoms with van der Waals surface area (Å²) >= 11 is 12.2. The van der Waals surface area contributed by atoms with Gasteiger partial charge >= 0.3 is 12.3 Å². The quantitative estimate of drug-likeness (QED) is 0.421. The summed E-state index contributed by atoms with van der Waals surface area (Å²) in [5, 5.41) is 2.75. The predicted molar refractivity (Wildman–Crippen MR) is 140 cm³/mol. The first-order chi connectivity index (χ1) is 18.9. The van der Waals surface area contributed by atoms with Gasteiger partial charge in [0.25, 0.3) is 15.9 Å². The van der Waals surface area contributed by atoms with E-state index in [1.54, 1.807) is 6.07 Å². The second kappa shape index (κ2) is 10.5. The molecule has 40 heavy (non-hydrogen) atoms. The summed E-state index contributed by atoms with van der Waals surface area (Å²) in [6, 6.07) is 8.51. The van der Waals surface area contributed by atoms with Crippen molar-refractivity contribution in [2.45, 2.75) is 23.5 Å². The second-order valence-corrected chi connectivity index (χ2v) is 11.6. The Kier molecular flexibility index (Phi) is 7.31. The molecule has 1 atom stereocenters. The molecule has 2 aromatic carbocycles. The van der Waals surface area contributed by atoms with Crippen LogP contribution in [0.1, 0.15) is 21.6 Å². The highest BCUT2D eigenvalue weighted by molar-refractivity contribution is 7.92. The van der Waals surface area contributed by atoms with Crippen LogP contribution in [0.4, 0.5) is 29.3 Å². The number of rotatable bonds is 5. The van der Waals surface area contributed by atoms with Crippen molar-refractivity contribution in [2.75, 3.05) is 29.3 Å². The molecule has 5 rings (SSSR count). The maximum Gasteiger partial charge on any atom is 0.416 e. The van der Waals surface area contributed by atoms with Gasteiger partial charge in [0.2, 0.25) is 0 Å². The first-order valence-electron chi connectivity index (χ1n) is 11.7. The van der Waals surface area contributed by atoms with Crippen LogP contribution in [0.5, 0.6) is 0 Å². The number of nitrogens with zero attached hydrogens (tertiary/aromatic N) is 3. The Balaban J connectivity index is 1.56. The van der Waals surface area contributed by atoms with E-state index in [9.17, 15) is 31.2 Å². The summed E-state index contributed by atoms with van der Waals surface area (Å²) < 4.78 is 73.6. The Bertz CT molecular complexity index is 1600. The number of aromatic nitrogens is 1. The van der Waals surface area contributed by atoms with E-state index in [0.717, 1.165) is 22.5 Å². The molecule has 0 radical (unpaired) electrons. The standard InChI is InChI=1S/C25H19Cl2F3N4O5S/c26-18-5-2-6-19(27)22(18)23(35)32-15-10-21-20(31-12-15)11-16(33-7-8-39-24(33)36)13-34(21)40(37,38)17-4-1-3-14(9-17)25(28,29)30/h1-6,9-10,12,16H,7-8,11,13H2,(H,32,35)/t16-/m0/s1. The lowest BCUT2D eigenvalue weighted by Crippen LogP contribution is -2.51. The number of hydrogen-bond donors (Lipinski definition) is 1. The number of hydrogen-bond acceptors (Lipinski definition) is 6. The molecule has 3 aromatic rings. The molecule has 1 aromatic heterocycles. The number of nitrogens with one attached hydrogen (secondary N) is 1. The maximum absolute atomic E-state index is 13.8. The summed E-state index contributed by atoms with van der Waals surface area (Å²) in [6.07, 6.45) is -3.97. The van der Waals surface area contributed by atoms with Gasteiger partial charge in [0.1, 0.15) is 6.61 Å². The molecule has 2 aliphatic heterocycles. The molecule has 3 heterocycles. The number of carbonyl (C=O) groups is 2. The number of alkyl halides is 3. The molecule has 0 spiro atoms. The van der Waals surface area contributed by atoms with Crippen LogP contribution in [0.2, 0.25) is 10.0 Å². The van der Waals surface area contributed by atoms with Crippen molar-refractivity contribution < 1.29 is 35.9 Å². The predicted octanol–water partition coefficient (Wildman–Crippen LogP) is 5.23. The number of halogens is 5. The minimum absolute atomic E-state index is 0.00962. The summed E-state index contributed by atoms with van der Waals surface area (Å²) in [4.78, 5) is 30.2. The third-order valence-electron chi connectivity index (χ3n) is 6.45. The van der Waals surface area contributed by atoms with E-state index in [-0.39, 0.29) is 58.8 Å². The van der Waals surface area contributed by atoms with E-state index < -0.39 is 44.7 Å². The Hall–Kier alpha value is -3.55. The zero-order valence-corrected chi connectivity index (χ0v) is 22.6. The van der Waals surface area contributed by atoms with Gasteiger partial charge in [-0.05, 0) is 36.4 Å². The molecule has 0 aliphatic carbocycles. The van der Waals surface area contributed by atoms with Crippen molar-refractivity contribution in [3.05, 3.63) is 81.6 Å². The van der Waals surface area contributed by atoms with Gasteiger partial charge in [-0.3, -0.25) is 19.0 Å². The van der Waals surface area contributed by atoms with E-state index in [1.165, 1.54) is 29.3 Å². The van der Waals surface area contributed by atoms with Crippen LogP contribution in [-0.2, 0) is 27.4 Å². The molecule has 1 saturated heterocycles. The lowest BCUT2D eigenvalue weighted by molar-refractivity contribution is -0.137. The zero-order valence-electron chi connectivity index (χ0n) is 20.3. The fourth-order valence-electron chi connectivity index (χ4n) is 4.54. The van der Waals surface area contributed by atoms with Gasteiger partial charge in [-0.15, -0.1) is 0 Å². The number of fused-ring (bicyclic) bond motifs is 1. The van der Waals surface area contributed by atoms with Crippen molar-refractivity contribution >= 4 is 56.6 Å². The Morgan fingerprint density at radius 3 is 2.45 bits per heavy atom. The van der Waals surface area contributed by atoms with E-state index in [2.05, 4.69) is 10.3 Å². The van der Waals surface area contributed by atoms with E-state index in [4.69, 9.17) is 27.9 Å². The average molecular weight is 615 g/mol. The normalized spacial score (nSPS) is 17.4. The molecular weight excluding hydrogens is 596 g/mol. The monoisotopic (exact) mass is 614 g/mol. The Morgan fingerprint density at radius 2 is 1.80 bits per heavy atom. The lowest BCUT2D eigenvalue weighted by atomic mass is 10.0. The molecule has 1 fully saturated rings. The van der Waals surface area contributed by atoms with E-state index in [0.29, 0.717) is 6.07 Å². The largest absolute Gasteiger partial charge is 0.448 e. The molecule has 2 amide bonds. The number of carbonyl (C=O) groups excluding carboxylic acids is 2. The number of amides is 2. The molecule has 0 saturated carbocycles. The van der Waals surface area contributed by atoms with Crippen LogP contribution in [0, 0.1) is 0 Å². The van der Waals surface area contributed by atoms with Crippen molar-refractivity contribution in [1.82, 2.24) is 9.88 Å². The van der Waals surface area contributed by atoms with Gasteiger partial charge in [0.05, 0.1) is 68.5 Å². The molecule has 0 bridgehead atoms. The highest BCUT2D eigenvalue weighted by atomic mass is 35.5. The summed E-state index contributed by atoms with van der Waals surface area (Å²) in [5.41, 5.74) is -0.779. The zero-order chi connectivity index (χ0) is 28.8. The molecule has 210 valence electrons. The molecular formula is C25H19Cl2F3N4O5S. The summed E-state index contributed by atoms with van der Waals surface area (Å²) in [6.45, 7) is 0.0463. The first kappa shape index (κ1) is 28.0. The number of anilines is 2. The van der Waals surface area contributed by atoms with Crippen LogP contribution in [0.15, 0.2) is 59.6 Å². The Morgan fingerprint density at radius 1 is 1.10 bits per heavy atom. The third-order valence-corrected chi connectivity index (χ3v) is 8.86. The highest BCUT2D eigenvalue weighted by Gasteiger charge is 2.41. The van der Waals surface area contributed by atoms with Crippen LogP contribution in [-0.4, -0.2) is 56.0 Å². The van der Waals surface area contributed by atoms with Crippen LogP contribution < -0.4 is 9.62 Å². The fraction of sp³-hybridized carbons (Fsp3) is 0.240. The van der Waals surface area contributed by atoms with Gasteiger partial charge in [0.15, 0.2) is 0 Å².